The van der Waals surface area contributed by atoms with Gasteiger partial charge in [0.25, 0.3) is 0 Å². The van der Waals surface area contributed by atoms with Crippen molar-refractivity contribution in [2.24, 2.45) is 0 Å². The van der Waals surface area contributed by atoms with Crippen molar-refractivity contribution in [2.75, 3.05) is 13.6 Å². The van der Waals surface area contributed by atoms with Crippen LogP contribution in [0.5, 0.6) is 5.75 Å². The Morgan fingerprint density at radius 3 is 2.82 bits per heavy atom. The van der Waals surface area contributed by atoms with Gasteiger partial charge in [0.2, 0.25) is 5.91 Å². The first-order valence-electron chi connectivity index (χ1n) is 5.94. The normalized spacial score (nSPS) is 20.4. The number of likely N-dealkylation sites (tertiary alicyclic amines) is 1. The lowest BCUT2D eigenvalue weighted by Gasteiger charge is -2.22. The van der Waals surface area contributed by atoms with Gasteiger partial charge < -0.3 is 10.4 Å². The average molecular weight is 234 g/mol. The number of likely N-dealkylation sites (N-methyl/N-ethyl adjacent to an activating group) is 1. The van der Waals surface area contributed by atoms with Crippen molar-refractivity contribution in [3.8, 4) is 5.75 Å². The van der Waals surface area contributed by atoms with Crippen LogP contribution in [-0.4, -0.2) is 35.5 Å². The molecule has 2 N–H and O–H groups in total. The molecule has 92 valence electrons. The van der Waals surface area contributed by atoms with Gasteiger partial charge in [0, 0.05) is 13.6 Å². The van der Waals surface area contributed by atoms with Crippen molar-refractivity contribution in [1.29, 1.82) is 0 Å². The lowest BCUT2D eigenvalue weighted by Crippen LogP contribution is -2.41. The van der Waals surface area contributed by atoms with Gasteiger partial charge in [0.05, 0.1) is 6.04 Å². The first kappa shape index (κ1) is 11.9. The minimum Gasteiger partial charge on any atom is -0.508 e. The summed E-state index contributed by atoms with van der Waals surface area (Å²) in [6.07, 6.45) is 1.99. The largest absolute Gasteiger partial charge is 0.508 e. The molecule has 1 aromatic rings. The Kier molecular flexibility index (Phi) is 3.64. The van der Waals surface area contributed by atoms with Crippen LogP contribution in [0.25, 0.3) is 0 Å². The van der Waals surface area contributed by atoms with Gasteiger partial charge >= 0.3 is 0 Å². The Hall–Kier alpha value is -1.55. The fourth-order valence-electron chi connectivity index (χ4n) is 2.31. The Morgan fingerprint density at radius 1 is 1.47 bits per heavy atom. The van der Waals surface area contributed by atoms with Crippen LogP contribution in [-0.2, 0) is 11.3 Å². The zero-order valence-corrected chi connectivity index (χ0v) is 10.0. The highest BCUT2D eigenvalue weighted by molar-refractivity contribution is 5.81. The fourth-order valence-corrected chi connectivity index (χ4v) is 2.31. The number of phenolic OH excluding ortho intramolecular Hbond substituents is 1. The molecular weight excluding hydrogens is 216 g/mol. The second kappa shape index (κ2) is 5.19. The van der Waals surface area contributed by atoms with Crippen LogP contribution in [0.15, 0.2) is 24.3 Å². The number of carbonyl (C=O) groups is 1. The zero-order chi connectivity index (χ0) is 12.3. The molecule has 0 aromatic heterocycles. The van der Waals surface area contributed by atoms with Crippen molar-refractivity contribution in [2.45, 2.75) is 25.4 Å². The van der Waals surface area contributed by atoms with E-state index in [2.05, 4.69) is 10.2 Å². The molecule has 0 spiro atoms. The first-order chi connectivity index (χ1) is 8.20. The molecule has 0 aliphatic carbocycles. The van der Waals surface area contributed by atoms with Crippen LogP contribution >= 0.6 is 0 Å². The minimum absolute atomic E-state index is 0.00574. The molecule has 4 nitrogen and oxygen atoms in total. The predicted molar refractivity (Wildman–Crippen MR) is 65.6 cm³/mol. The summed E-state index contributed by atoms with van der Waals surface area (Å²) in [7, 11) is 1.68. The van der Waals surface area contributed by atoms with Gasteiger partial charge in [-0.2, -0.15) is 0 Å². The number of hydrogen-bond acceptors (Lipinski definition) is 3. The number of amides is 1. The zero-order valence-electron chi connectivity index (χ0n) is 10.0. The summed E-state index contributed by atoms with van der Waals surface area (Å²) in [4.78, 5) is 13.9. The molecule has 1 atom stereocenters. The van der Waals surface area contributed by atoms with Gasteiger partial charge in [-0.25, -0.2) is 0 Å². The summed E-state index contributed by atoms with van der Waals surface area (Å²) in [5.41, 5.74) is 1.12. The van der Waals surface area contributed by atoms with Crippen molar-refractivity contribution < 1.29 is 9.90 Å². The van der Waals surface area contributed by atoms with Crippen LogP contribution in [0.1, 0.15) is 18.4 Å². The van der Waals surface area contributed by atoms with E-state index in [-0.39, 0.29) is 17.7 Å². The van der Waals surface area contributed by atoms with Crippen LogP contribution < -0.4 is 5.32 Å². The topological polar surface area (TPSA) is 52.6 Å². The van der Waals surface area contributed by atoms with E-state index in [4.69, 9.17) is 0 Å². The number of nitrogens with one attached hydrogen (secondary N) is 1. The second-order valence-electron chi connectivity index (χ2n) is 4.41. The van der Waals surface area contributed by atoms with Gasteiger partial charge in [0.1, 0.15) is 5.75 Å². The van der Waals surface area contributed by atoms with Gasteiger partial charge in [-0.1, -0.05) is 12.1 Å². The van der Waals surface area contributed by atoms with Gasteiger partial charge in [-0.3, -0.25) is 9.69 Å². The van der Waals surface area contributed by atoms with E-state index < -0.39 is 0 Å². The van der Waals surface area contributed by atoms with Crippen molar-refractivity contribution >= 4 is 5.91 Å². The molecule has 1 aliphatic rings. The average Bonchev–Trinajstić information content (AvgIpc) is 2.79. The monoisotopic (exact) mass is 234 g/mol. The third-order valence-electron chi connectivity index (χ3n) is 3.23. The summed E-state index contributed by atoms with van der Waals surface area (Å²) in [6, 6.07) is 7.15. The van der Waals surface area contributed by atoms with Gasteiger partial charge in [0.15, 0.2) is 0 Å². The lowest BCUT2D eigenvalue weighted by atomic mass is 10.1. The summed E-state index contributed by atoms with van der Waals surface area (Å²) in [5, 5.41) is 11.9. The molecular formula is C13H18N2O2. The van der Waals surface area contributed by atoms with Crippen LogP contribution in [0.2, 0.25) is 0 Å². The number of hydrogen-bond donors (Lipinski definition) is 2. The number of phenols is 1. The molecule has 2 rings (SSSR count). The standard InChI is InChI=1S/C13H18N2O2/c1-14-13(17)12-3-2-8-15(12)9-10-4-6-11(16)7-5-10/h4-7,12,16H,2-3,8-9H2,1H3,(H,14,17). The maximum Gasteiger partial charge on any atom is 0.237 e. The molecule has 4 heteroatoms. The Morgan fingerprint density at radius 2 is 2.18 bits per heavy atom. The highest BCUT2D eigenvalue weighted by Crippen LogP contribution is 2.21. The summed E-state index contributed by atoms with van der Waals surface area (Å²) >= 11 is 0. The summed E-state index contributed by atoms with van der Waals surface area (Å²) in [6.45, 7) is 1.72. The minimum atomic E-state index is -0.00574. The number of carbonyl (C=O) groups excluding carboxylic acids is 1. The SMILES string of the molecule is CNC(=O)C1CCCN1Cc1ccc(O)cc1. The number of rotatable bonds is 3. The van der Waals surface area contributed by atoms with Crippen LogP contribution in [0.4, 0.5) is 0 Å². The Bertz CT molecular complexity index is 389. The lowest BCUT2D eigenvalue weighted by molar-refractivity contribution is -0.125. The molecule has 1 unspecified atom stereocenters. The van der Waals surface area contributed by atoms with Gasteiger partial charge in [-0.05, 0) is 37.1 Å². The van der Waals surface area contributed by atoms with E-state index in [1.54, 1.807) is 19.2 Å². The highest BCUT2D eigenvalue weighted by Gasteiger charge is 2.29. The second-order valence-corrected chi connectivity index (χ2v) is 4.41. The molecule has 1 amide bonds. The van der Waals surface area contributed by atoms with E-state index in [9.17, 15) is 9.90 Å². The summed E-state index contributed by atoms with van der Waals surface area (Å²) in [5.74, 6) is 0.374. The number of benzene rings is 1. The summed E-state index contributed by atoms with van der Waals surface area (Å²) < 4.78 is 0. The molecule has 17 heavy (non-hydrogen) atoms. The maximum atomic E-state index is 11.7. The Balaban J connectivity index is 2.02. The maximum absolute atomic E-state index is 11.7. The van der Waals surface area contributed by atoms with Crippen molar-refractivity contribution in [1.82, 2.24) is 10.2 Å². The first-order valence-corrected chi connectivity index (χ1v) is 5.94. The molecule has 0 bridgehead atoms. The van der Waals surface area contributed by atoms with Crippen LogP contribution in [0.3, 0.4) is 0 Å². The molecule has 0 radical (unpaired) electrons. The molecule has 1 heterocycles. The number of nitrogens with zero attached hydrogens (tertiary/aromatic N) is 1. The van der Waals surface area contributed by atoms with Crippen molar-refractivity contribution in [3.05, 3.63) is 29.8 Å². The molecule has 1 saturated heterocycles. The molecule has 0 saturated carbocycles. The third kappa shape index (κ3) is 2.77. The Labute approximate surface area is 101 Å². The highest BCUT2D eigenvalue weighted by atomic mass is 16.3. The van der Waals surface area contributed by atoms with E-state index in [1.165, 1.54) is 0 Å². The van der Waals surface area contributed by atoms with E-state index >= 15 is 0 Å². The van der Waals surface area contributed by atoms with E-state index in [0.717, 1.165) is 31.5 Å². The quantitative estimate of drug-likeness (QED) is 0.823. The van der Waals surface area contributed by atoms with Crippen molar-refractivity contribution in [3.63, 3.8) is 0 Å². The third-order valence-corrected chi connectivity index (χ3v) is 3.23. The fraction of sp³-hybridized carbons (Fsp3) is 0.462. The van der Waals surface area contributed by atoms with E-state index in [0.29, 0.717) is 0 Å². The predicted octanol–water partition coefficient (Wildman–Crippen LogP) is 1.10. The van der Waals surface area contributed by atoms with Crippen LogP contribution in [0, 0.1) is 0 Å². The number of aromatic hydroxyl groups is 1. The smallest absolute Gasteiger partial charge is 0.237 e. The molecule has 1 fully saturated rings. The van der Waals surface area contributed by atoms with E-state index in [1.807, 2.05) is 12.1 Å². The van der Waals surface area contributed by atoms with Gasteiger partial charge in [-0.15, -0.1) is 0 Å². The molecule has 1 aliphatic heterocycles. The molecule has 1 aromatic carbocycles.